The van der Waals surface area contributed by atoms with Crippen molar-refractivity contribution in [2.45, 2.75) is 40.0 Å². The van der Waals surface area contributed by atoms with Crippen LogP contribution in [0.15, 0.2) is 6.33 Å². The molecule has 1 aromatic rings. The Balaban J connectivity index is 2.12. The minimum Gasteiger partial charge on any atom is -0.476 e. The molecule has 0 saturated carbocycles. The van der Waals surface area contributed by atoms with Crippen molar-refractivity contribution < 1.29 is 4.74 Å². The third-order valence-corrected chi connectivity index (χ3v) is 3.69. The molecule has 1 saturated heterocycles. The summed E-state index contributed by atoms with van der Waals surface area (Å²) in [5.74, 6) is 1.33. The van der Waals surface area contributed by atoms with Crippen LogP contribution in [0.3, 0.4) is 0 Å². The maximum atomic E-state index is 6.13. The fourth-order valence-corrected chi connectivity index (χ4v) is 2.26. The van der Waals surface area contributed by atoms with Crippen molar-refractivity contribution in [3.05, 3.63) is 6.33 Å². The SMILES string of the molecule is CCCOc1ncnc(N2CCC(C)(C)CC2)c1N. The highest BCUT2D eigenvalue weighted by atomic mass is 16.5. The first-order valence-corrected chi connectivity index (χ1v) is 7.02. The zero-order valence-corrected chi connectivity index (χ0v) is 12.1. The van der Waals surface area contributed by atoms with Crippen LogP contribution in [0.4, 0.5) is 11.5 Å². The minimum absolute atomic E-state index is 0.417. The number of hydrogen-bond donors (Lipinski definition) is 1. The Hall–Kier alpha value is -1.52. The average molecular weight is 264 g/mol. The summed E-state index contributed by atoms with van der Waals surface area (Å²) in [6, 6.07) is 0. The van der Waals surface area contributed by atoms with E-state index in [0.29, 0.717) is 23.6 Å². The van der Waals surface area contributed by atoms with Gasteiger partial charge in [-0.25, -0.2) is 4.98 Å². The van der Waals surface area contributed by atoms with Crippen LogP contribution in [0.2, 0.25) is 0 Å². The fraction of sp³-hybridized carbons (Fsp3) is 0.714. The number of rotatable bonds is 4. The van der Waals surface area contributed by atoms with Gasteiger partial charge in [-0.15, -0.1) is 0 Å². The van der Waals surface area contributed by atoms with Crippen molar-refractivity contribution in [1.29, 1.82) is 0 Å². The minimum atomic E-state index is 0.417. The van der Waals surface area contributed by atoms with E-state index in [1.165, 1.54) is 6.33 Å². The van der Waals surface area contributed by atoms with Gasteiger partial charge in [-0.1, -0.05) is 20.8 Å². The van der Waals surface area contributed by atoms with Crippen molar-refractivity contribution in [2.24, 2.45) is 5.41 Å². The van der Waals surface area contributed by atoms with E-state index in [9.17, 15) is 0 Å². The van der Waals surface area contributed by atoms with Gasteiger partial charge in [-0.2, -0.15) is 4.98 Å². The molecule has 1 fully saturated rings. The molecule has 2 rings (SSSR count). The van der Waals surface area contributed by atoms with Gasteiger partial charge in [-0.05, 0) is 24.7 Å². The molecule has 2 heterocycles. The fourth-order valence-electron chi connectivity index (χ4n) is 2.26. The van der Waals surface area contributed by atoms with E-state index < -0.39 is 0 Å². The lowest BCUT2D eigenvalue weighted by Gasteiger charge is -2.37. The van der Waals surface area contributed by atoms with Gasteiger partial charge >= 0.3 is 0 Å². The van der Waals surface area contributed by atoms with Gasteiger partial charge in [0.1, 0.15) is 12.0 Å². The highest BCUT2D eigenvalue weighted by Crippen LogP contribution is 2.35. The van der Waals surface area contributed by atoms with E-state index >= 15 is 0 Å². The second-order valence-corrected chi connectivity index (χ2v) is 5.92. The summed E-state index contributed by atoms with van der Waals surface area (Å²) < 4.78 is 5.56. The summed E-state index contributed by atoms with van der Waals surface area (Å²) in [7, 11) is 0. The van der Waals surface area contributed by atoms with Gasteiger partial charge in [0.2, 0.25) is 5.88 Å². The Kier molecular flexibility index (Phi) is 4.12. The van der Waals surface area contributed by atoms with Crippen LogP contribution in [0, 0.1) is 5.41 Å². The molecule has 0 radical (unpaired) electrons. The lowest BCUT2D eigenvalue weighted by atomic mass is 9.83. The number of ether oxygens (including phenoxy) is 1. The molecule has 5 heteroatoms. The summed E-state index contributed by atoms with van der Waals surface area (Å²) in [6.07, 6.45) is 4.79. The molecular weight excluding hydrogens is 240 g/mol. The summed E-state index contributed by atoms with van der Waals surface area (Å²) in [6.45, 7) is 9.29. The van der Waals surface area contributed by atoms with Crippen molar-refractivity contribution in [1.82, 2.24) is 9.97 Å². The molecule has 0 aliphatic carbocycles. The standard InChI is InChI=1S/C14H24N4O/c1-4-9-19-13-11(15)12(16-10-17-13)18-7-5-14(2,3)6-8-18/h10H,4-9,15H2,1-3H3. The number of nitrogens with zero attached hydrogens (tertiary/aromatic N) is 3. The van der Waals surface area contributed by atoms with Gasteiger partial charge in [0.25, 0.3) is 0 Å². The third-order valence-electron chi connectivity index (χ3n) is 3.69. The molecule has 5 nitrogen and oxygen atoms in total. The summed E-state index contributed by atoms with van der Waals surface area (Å²) >= 11 is 0. The van der Waals surface area contributed by atoms with E-state index in [0.717, 1.165) is 38.2 Å². The van der Waals surface area contributed by atoms with Crippen molar-refractivity contribution >= 4 is 11.5 Å². The smallest absolute Gasteiger partial charge is 0.242 e. The maximum Gasteiger partial charge on any atom is 0.242 e. The molecule has 0 atom stereocenters. The first-order valence-electron chi connectivity index (χ1n) is 7.02. The number of piperidine rings is 1. The van der Waals surface area contributed by atoms with Crippen LogP contribution in [0.25, 0.3) is 0 Å². The lowest BCUT2D eigenvalue weighted by molar-refractivity contribution is 0.278. The summed E-state index contributed by atoms with van der Waals surface area (Å²) in [4.78, 5) is 10.7. The van der Waals surface area contributed by atoms with Crippen molar-refractivity contribution in [3.63, 3.8) is 0 Å². The molecule has 19 heavy (non-hydrogen) atoms. The topological polar surface area (TPSA) is 64.3 Å². The Labute approximate surface area is 115 Å². The first kappa shape index (κ1) is 13.9. The quantitative estimate of drug-likeness (QED) is 0.905. The van der Waals surface area contributed by atoms with Crippen LogP contribution in [0.5, 0.6) is 5.88 Å². The van der Waals surface area contributed by atoms with Crippen LogP contribution < -0.4 is 15.4 Å². The highest BCUT2D eigenvalue weighted by molar-refractivity contribution is 5.67. The molecule has 0 spiro atoms. The van der Waals surface area contributed by atoms with Crippen molar-refractivity contribution in [3.8, 4) is 5.88 Å². The number of nitrogens with two attached hydrogens (primary N) is 1. The molecule has 1 aliphatic rings. The maximum absolute atomic E-state index is 6.13. The second kappa shape index (κ2) is 5.63. The molecular formula is C14H24N4O. The molecule has 106 valence electrons. The van der Waals surface area contributed by atoms with E-state index in [-0.39, 0.29) is 0 Å². The van der Waals surface area contributed by atoms with Crippen LogP contribution in [0.1, 0.15) is 40.0 Å². The molecule has 2 N–H and O–H groups in total. The zero-order valence-electron chi connectivity index (χ0n) is 12.1. The van der Waals surface area contributed by atoms with Crippen LogP contribution in [-0.2, 0) is 0 Å². The predicted octanol–water partition coefficient (Wildman–Crippen LogP) is 2.47. The van der Waals surface area contributed by atoms with Crippen molar-refractivity contribution in [2.75, 3.05) is 30.3 Å². The predicted molar refractivity (Wildman–Crippen MR) is 77.5 cm³/mol. The van der Waals surface area contributed by atoms with Crippen LogP contribution in [-0.4, -0.2) is 29.7 Å². The number of hydrogen-bond acceptors (Lipinski definition) is 5. The molecule has 0 unspecified atom stereocenters. The lowest BCUT2D eigenvalue weighted by Crippen LogP contribution is -2.38. The normalized spacial score (nSPS) is 18.4. The zero-order chi connectivity index (χ0) is 13.9. The van der Waals surface area contributed by atoms with E-state index in [2.05, 4.69) is 35.6 Å². The molecule has 1 aromatic heterocycles. The number of aromatic nitrogens is 2. The Morgan fingerprint density at radius 2 is 2.00 bits per heavy atom. The molecule has 0 bridgehead atoms. The monoisotopic (exact) mass is 264 g/mol. The first-order chi connectivity index (χ1) is 9.03. The van der Waals surface area contributed by atoms with Gasteiger partial charge in [0, 0.05) is 13.1 Å². The Morgan fingerprint density at radius 1 is 1.32 bits per heavy atom. The van der Waals surface area contributed by atoms with E-state index in [4.69, 9.17) is 10.5 Å². The Morgan fingerprint density at radius 3 is 2.63 bits per heavy atom. The van der Waals surface area contributed by atoms with Crippen LogP contribution >= 0.6 is 0 Å². The van der Waals surface area contributed by atoms with Gasteiger partial charge < -0.3 is 15.4 Å². The van der Waals surface area contributed by atoms with Gasteiger partial charge in [-0.3, -0.25) is 0 Å². The van der Waals surface area contributed by atoms with Gasteiger partial charge in [0.05, 0.1) is 6.61 Å². The largest absolute Gasteiger partial charge is 0.476 e. The molecule has 1 aliphatic heterocycles. The third kappa shape index (κ3) is 3.28. The highest BCUT2D eigenvalue weighted by Gasteiger charge is 2.27. The second-order valence-electron chi connectivity index (χ2n) is 5.92. The average Bonchev–Trinajstić information content (AvgIpc) is 2.38. The molecule has 0 aromatic carbocycles. The van der Waals surface area contributed by atoms with E-state index in [1.807, 2.05) is 0 Å². The Bertz CT molecular complexity index is 423. The van der Waals surface area contributed by atoms with Gasteiger partial charge in [0.15, 0.2) is 5.82 Å². The van der Waals surface area contributed by atoms with E-state index in [1.54, 1.807) is 0 Å². The number of anilines is 2. The molecule has 0 amide bonds. The summed E-state index contributed by atoms with van der Waals surface area (Å²) in [5.41, 5.74) is 7.11. The summed E-state index contributed by atoms with van der Waals surface area (Å²) in [5, 5.41) is 0. The number of nitrogen functional groups attached to an aromatic ring is 1.